The molecule has 34 heavy (non-hydrogen) atoms. The molecule has 188 valence electrons. The van der Waals surface area contributed by atoms with Crippen molar-refractivity contribution in [3.8, 4) is 5.75 Å². The number of carbonyl (C=O) groups is 2. The smallest absolute Gasteiger partial charge is 0.417 e. The number of hydrogen-bond acceptors (Lipinski definition) is 5. The number of rotatable bonds is 5. The number of ether oxygens (including phenoxy) is 2. The summed E-state index contributed by atoms with van der Waals surface area (Å²) in [5.41, 5.74) is 2.57. The summed E-state index contributed by atoms with van der Waals surface area (Å²) in [5, 5.41) is 5.79. The van der Waals surface area contributed by atoms with Gasteiger partial charge in [0.05, 0.1) is 13.2 Å². The normalized spacial score (nSPS) is 37.1. The first-order chi connectivity index (χ1) is 15.8. The Bertz CT molecular complexity index is 1010. The van der Waals surface area contributed by atoms with Crippen molar-refractivity contribution in [2.45, 2.75) is 68.6 Å². The molecule has 1 saturated carbocycles. The van der Waals surface area contributed by atoms with Crippen LogP contribution in [0.3, 0.4) is 0 Å². The van der Waals surface area contributed by atoms with Gasteiger partial charge in [0.25, 0.3) is 0 Å². The third-order valence-corrected chi connectivity index (χ3v) is 7.66. The average molecular weight is 491 g/mol. The lowest BCUT2D eigenvalue weighted by Crippen LogP contribution is -2.55. The van der Waals surface area contributed by atoms with Gasteiger partial charge in [-0.05, 0) is 25.8 Å². The van der Waals surface area contributed by atoms with Crippen LogP contribution < -0.4 is 21.1 Å². The largest absolute Gasteiger partial charge is 0.493 e. The van der Waals surface area contributed by atoms with Crippen LogP contribution in [0.15, 0.2) is 12.1 Å². The van der Waals surface area contributed by atoms with Gasteiger partial charge in [0, 0.05) is 35.4 Å². The van der Waals surface area contributed by atoms with Crippen LogP contribution in [0.1, 0.15) is 38.2 Å². The number of piperidine rings is 1. The first-order valence-electron chi connectivity index (χ1n) is 10.9. The zero-order chi connectivity index (χ0) is 25.2. The van der Waals surface area contributed by atoms with Crippen molar-refractivity contribution in [1.29, 1.82) is 0 Å². The lowest BCUT2D eigenvalue weighted by molar-refractivity contribution is -0.272. The summed E-state index contributed by atoms with van der Waals surface area (Å²) in [7, 11) is 1.06. The van der Waals surface area contributed by atoms with Gasteiger partial charge in [0.2, 0.25) is 17.6 Å². The van der Waals surface area contributed by atoms with Gasteiger partial charge in [-0.1, -0.05) is 13.0 Å². The van der Waals surface area contributed by atoms with Gasteiger partial charge >= 0.3 is 6.18 Å². The number of nitrogens with two attached hydrogens (primary N) is 1. The van der Waals surface area contributed by atoms with Crippen LogP contribution >= 0.6 is 0 Å². The Morgan fingerprint density at radius 2 is 1.94 bits per heavy atom. The molecule has 4 N–H and O–H groups in total. The van der Waals surface area contributed by atoms with Crippen LogP contribution in [0.2, 0.25) is 0 Å². The molecule has 2 aliphatic heterocycles. The third kappa shape index (κ3) is 3.71. The average Bonchev–Trinajstić information content (AvgIpc) is 3.42. The molecule has 8 atom stereocenters. The maximum Gasteiger partial charge on any atom is 0.417 e. The van der Waals surface area contributed by atoms with Gasteiger partial charge in [0.15, 0.2) is 17.2 Å². The zero-order valence-electron chi connectivity index (χ0n) is 18.7. The maximum atomic E-state index is 14.4. The van der Waals surface area contributed by atoms with Crippen LogP contribution in [0.5, 0.6) is 5.75 Å². The second-order valence-electron chi connectivity index (χ2n) is 9.44. The second-order valence-corrected chi connectivity index (χ2v) is 9.44. The number of amides is 2. The SMILES string of the molecule is COc1c([C@H]2[C@H](C(=O)NC3C[C@H]4C[C@@H]3C(C(N)=O)N4)O[C@@](C)(C(F)(F)F)[C@H]2C)ccc(F)c1F. The first-order valence-corrected chi connectivity index (χ1v) is 10.9. The number of benzene rings is 1. The van der Waals surface area contributed by atoms with Crippen LogP contribution in [0, 0.1) is 23.5 Å². The Balaban J connectivity index is 1.69. The minimum absolute atomic E-state index is 0.0567. The van der Waals surface area contributed by atoms with Gasteiger partial charge < -0.3 is 25.8 Å². The van der Waals surface area contributed by atoms with E-state index in [-0.39, 0.29) is 17.5 Å². The summed E-state index contributed by atoms with van der Waals surface area (Å²) in [6, 6.07) is 0.667. The number of halogens is 5. The lowest BCUT2D eigenvalue weighted by atomic mass is 9.76. The highest BCUT2D eigenvalue weighted by molar-refractivity contribution is 5.84. The van der Waals surface area contributed by atoms with Crippen LogP contribution in [0.4, 0.5) is 22.0 Å². The van der Waals surface area contributed by atoms with E-state index in [0.29, 0.717) is 12.8 Å². The fraction of sp³-hybridized carbons (Fsp3) is 0.636. The number of methoxy groups -OCH3 is 1. The number of hydrogen-bond donors (Lipinski definition) is 3. The van der Waals surface area contributed by atoms with Crippen molar-refractivity contribution < 1.29 is 41.0 Å². The van der Waals surface area contributed by atoms with Gasteiger partial charge in [-0.25, -0.2) is 4.39 Å². The number of carbonyl (C=O) groups excluding carboxylic acids is 2. The molecule has 1 aromatic carbocycles. The van der Waals surface area contributed by atoms with E-state index in [2.05, 4.69) is 10.6 Å². The molecule has 2 saturated heterocycles. The summed E-state index contributed by atoms with van der Waals surface area (Å²) in [4.78, 5) is 25.0. The van der Waals surface area contributed by atoms with Crippen molar-refractivity contribution in [1.82, 2.24) is 10.6 Å². The van der Waals surface area contributed by atoms with E-state index >= 15 is 0 Å². The van der Waals surface area contributed by atoms with Crippen molar-refractivity contribution >= 4 is 11.8 Å². The van der Waals surface area contributed by atoms with Crippen LogP contribution in [0.25, 0.3) is 0 Å². The van der Waals surface area contributed by atoms with E-state index in [1.54, 1.807) is 0 Å². The molecule has 0 spiro atoms. The fourth-order valence-electron chi connectivity index (χ4n) is 5.72. The lowest BCUT2D eigenvalue weighted by Gasteiger charge is -2.32. The molecular weight excluding hydrogens is 465 g/mol. The molecular formula is C22H26F5N3O4. The maximum absolute atomic E-state index is 14.4. The van der Waals surface area contributed by atoms with Crippen molar-refractivity contribution in [2.75, 3.05) is 7.11 Å². The molecule has 2 amide bonds. The minimum Gasteiger partial charge on any atom is -0.493 e. The minimum atomic E-state index is -4.85. The number of alkyl halides is 3. The summed E-state index contributed by atoms with van der Waals surface area (Å²) < 4.78 is 80.7. The van der Waals surface area contributed by atoms with E-state index in [0.717, 1.165) is 26.2 Å². The van der Waals surface area contributed by atoms with Gasteiger partial charge in [-0.3, -0.25) is 9.59 Å². The highest BCUT2D eigenvalue weighted by atomic mass is 19.4. The zero-order valence-corrected chi connectivity index (χ0v) is 18.7. The van der Waals surface area contributed by atoms with Gasteiger partial charge in [-0.15, -0.1) is 0 Å². The van der Waals surface area contributed by atoms with Crippen molar-refractivity contribution in [3.05, 3.63) is 29.3 Å². The molecule has 2 unspecified atom stereocenters. The Hall–Kier alpha value is -2.47. The first kappa shape index (κ1) is 24.6. The van der Waals surface area contributed by atoms with E-state index < -0.39 is 71.0 Å². The predicted molar refractivity (Wildman–Crippen MR) is 109 cm³/mol. The molecule has 4 rings (SSSR count). The molecule has 2 bridgehead atoms. The Kier molecular flexibility index (Phi) is 6.04. The number of primary amides is 1. The summed E-state index contributed by atoms with van der Waals surface area (Å²) >= 11 is 0. The Labute approximate surface area is 192 Å². The third-order valence-electron chi connectivity index (χ3n) is 7.66. The molecule has 3 fully saturated rings. The predicted octanol–water partition coefficient (Wildman–Crippen LogP) is 2.13. The molecule has 3 aliphatic rings. The molecule has 0 radical (unpaired) electrons. The second kappa shape index (κ2) is 8.33. The Morgan fingerprint density at radius 3 is 2.50 bits per heavy atom. The number of fused-ring (bicyclic) bond motifs is 2. The van der Waals surface area contributed by atoms with E-state index in [1.807, 2.05) is 0 Å². The fourth-order valence-corrected chi connectivity index (χ4v) is 5.72. The molecule has 1 aliphatic carbocycles. The van der Waals surface area contributed by atoms with Crippen molar-refractivity contribution in [2.24, 2.45) is 17.6 Å². The monoisotopic (exact) mass is 491 g/mol. The number of nitrogens with one attached hydrogen (secondary N) is 2. The van der Waals surface area contributed by atoms with Crippen molar-refractivity contribution in [3.63, 3.8) is 0 Å². The van der Waals surface area contributed by atoms with E-state index in [4.69, 9.17) is 15.2 Å². The molecule has 1 aromatic rings. The molecule has 12 heteroatoms. The molecule has 7 nitrogen and oxygen atoms in total. The van der Waals surface area contributed by atoms with Crippen LogP contribution in [-0.2, 0) is 14.3 Å². The summed E-state index contributed by atoms with van der Waals surface area (Å²) in [6.07, 6.45) is -5.46. The van der Waals surface area contributed by atoms with Gasteiger partial charge in [0.1, 0.15) is 6.10 Å². The molecule has 0 aromatic heterocycles. The topological polar surface area (TPSA) is 103 Å². The quantitative estimate of drug-likeness (QED) is 0.548. The van der Waals surface area contributed by atoms with Crippen LogP contribution in [-0.4, -0.2) is 54.9 Å². The summed E-state index contributed by atoms with van der Waals surface area (Å²) in [6.45, 7) is 2.07. The van der Waals surface area contributed by atoms with E-state index in [9.17, 15) is 31.5 Å². The highest BCUT2D eigenvalue weighted by Crippen LogP contribution is 2.55. The summed E-state index contributed by atoms with van der Waals surface area (Å²) in [5.74, 6) is -7.54. The molecule has 2 heterocycles. The highest BCUT2D eigenvalue weighted by Gasteiger charge is 2.66. The standard InChI is InChI=1S/C22H26F5N3O4/c1-8-14(10-4-5-12(23)15(24)17(10)33-3)18(34-21(8,2)22(25,26)27)20(32)30-13-7-9-6-11(13)16(29-9)19(28)31/h4-5,8-9,11,13-14,16,18,29H,6-7H2,1-3H3,(H2,28,31)(H,30,32)/t8-,9+,11-,13?,14-,16?,18+,21+/m0/s1. The van der Waals surface area contributed by atoms with Gasteiger partial charge in [-0.2, -0.15) is 17.6 Å². The Morgan fingerprint density at radius 1 is 1.26 bits per heavy atom. The van der Waals surface area contributed by atoms with E-state index in [1.165, 1.54) is 6.92 Å².